The Bertz CT molecular complexity index is 779. The Morgan fingerprint density at radius 1 is 1.09 bits per heavy atom. The van der Waals surface area contributed by atoms with E-state index in [1.807, 2.05) is 24.3 Å². The Morgan fingerprint density at radius 3 is 2.73 bits per heavy atom. The van der Waals surface area contributed by atoms with Crippen molar-refractivity contribution >= 4 is 5.69 Å². The summed E-state index contributed by atoms with van der Waals surface area (Å²) in [5.41, 5.74) is 4.72. The smallest absolute Gasteiger partial charge is 0.156 e. The number of hydrogen-bond donors (Lipinski definition) is 0. The molecule has 0 saturated heterocycles. The number of benzene rings is 2. The molecule has 1 aliphatic heterocycles. The molecule has 0 amide bonds. The first-order valence-electron chi connectivity index (χ1n) is 7.66. The van der Waals surface area contributed by atoms with Crippen LogP contribution in [0.1, 0.15) is 24.2 Å². The summed E-state index contributed by atoms with van der Waals surface area (Å²) in [7, 11) is 0. The third kappa shape index (κ3) is 2.29. The Balaban J connectivity index is 1.57. The largest absolute Gasteiger partial charge is 0.363 e. The van der Waals surface area contributed by atoms with Gasteiger partial charge in [-0.1, -0.05) is 60.6 Å². The van der Waals surface area contributed by atoms with E-state index in [0.29, 0.717) is 5.92 Å². The number of fused-ring (bicyclic) bond motifs is 1. The summed E-state index contributed by atoms with van der Waals surface area (Å²) in [4.78, 5) is 2.37. The van der Waals surface area contributed by atoms with Crippen LogP contribution in [0.15, 0.2) is 65.2 Å². The van der Waals surface area contributed by atoms with Crippen LogP contribution in [0.25, 0.3) is 11.3 Å². The van der Waals surface area contributed by atoms with Crippen LogP contribution in [0.3, 0.4) is 0 Å². The van der Waals surface area contributed by atoms with E-state index in [9.17, 15) is 0 Å². The van der Waals surface area contributed by atoms with Gasteiger partial charge in [-0.3, -0.25) is 0 Å². The first-order chi connectivity index (χ1) is 10.8. The van der Waals surface area contributed by atoms with E-state index >= 15 is 0 Å². The number of para-hydroxylation sites is 1. The zero-order valence-electron chi connectivity index (χ0n) is 12.6. The molecule has 0 saturated carbocycles. The fourth-order valence-electron chi connectivity index (χ4n) is 3.19. The SMILES string of the molecule is CC1CN(Cc2cc(-c3ccccc3)no2)c2ccccc21. The number of rotatable bonds is 3. The van der Waals surface area contributed by atoms with Crippen molar-refractivity contribution in [3.05, 3.63) is 72.0 Å². The molecule has 2 heterocycles. The van der Waals surface area contributed by atoms with Gasteiger partial charge in [-0.25, -0.2) is 0 Å². The molecule has 0 fully saturated rings. The monoisotopic (exact) mass is 290 g/mol. The number of hydrogen-bond acceptors (Lipinski definition) is 3. The number of anilines is 1. The van der Waals surface area contributed by atoms with Crippen molar-refractivity contribution < 1.29 is 4.52 Å². The van der Waals surface area contributed by atoms with Gasteiger partial charge in [0.2, 0.25) is 0 Å². The molecule has 3 heteroatoms. The molecule has 2 aromatic carbocycles. The van der Waals surface area contributed by atoms with Gasteiger partial charge in [-0.15, -0.1) is 0 Å². The van der Waals surface area contributed by atoms with Crippen LogP contribution in [0.2, 0.25) is 0 Å². The topological polar surface area (TPSA) is 29.3 Å². The molecule has 4 rings (SSSR count). The van der Waals surface area contributed by atoms with Crippen molar-refractivity contribution in [1.29, 1.82) is 0 Å². The standard InChI is InChI=1S/C19H18N2O/c1-14-12-21(19-10-6-5-9-17(14)19)13-16-11-18(20-22-16)15-7-3-2-4-8-15/h2-11,14H,12-13H2,1H3. The molecule has 0 N–H and O–H groups in total. The van der Waals surface area contributed by atoms with Crippen molar-refractivity contribution in [2.45, 2.75) is 19.4 Å². The maximum Gasteiger partial charge on any atom is 0.156 e. The van der Waals surface area contributed by atoms with Crippen LogP contribution in [-0.2, 0) is 6.54 Å². The minimum atomic E-state index is 0.563. The summed E-state index contributed by atoms with van der Waals surface area (Å²) in [5, 5.41) is 4.20. The molecule has 1 unspecified atom stereocenters. The van der Waals surface area contributed by atoms with E-state index in [1.165, 1.54) is 11.3 Å². The van der Waals surface area contributed by atoms with Gasteiger partial charge in [-0.2, -0.15) is 0 Å². The minimum Gasteiger partial charge on any atom is -0.363 e. The highest BCUT2D eigenvalue weighted by Crippen LogP contribution is 2.36. The second-order valence-corrected chi connectivity index (χ2v) is 5.88. The highest BCUT2D eigenvalue weighted by Gasteiger charge is 2.25. The van der Waals surface area contributed by atoms with Crippen molar-refractivity contribution in [1.82, 2.24) is 5.16 Å². The normalized spacial score (nSPS) is 16.8. The highest BCUT2D eigenvalue weighted by molar-refractivity contribution is 5.61. The molecular weight excluding hydrogens is 272 g/mol. The second kappa shape index (κ2) is 5.34. The maximum atomic E-state index is 5.54. The van der Waals surface area contributed by atoms with Gasteiger partial charge in [0.15, 0.2) is 5.76 Å². The molecule has 0 spiro atoms. The summed E-state index contributed by atoms with van der Waals surface area (Å²) in [6.07, 6.45) is 0. The van der Waals surface area contributed by atoms with Gasteiger partial charge in [0.25, 0.3) is 0 Å². The van der Waals surface area contributed by atoms with E-state index in [0.717, 1.165) is 30.1 Å². The lowest BCUT2D eigenvalue weighted by molar-refractivity contribution is 0.383. The summed E-state index contributed by atoms with van der Waals surface area (Å²) >= 11 is 0. The Labute approximate surface area is 130 Å². The summed E-state index contributed by atoms with van der Waals surface area (Å²) in [5.74, 6) is 1.47. The van der Waals surface area contributed by atoms with E-state index in [-0.39, 0.29) is 0 Å². The first kappa shape index (κ1) is 13.1. The lowest BCUT2D eigenvalue weighted by atomic mass is 10.0. The van der Waals surface area contributed by atoms with Crippen molar-refractivity contribution in [3.63, 3.8) is 0 Å². The average molecular weight is 290 g/mol. The van der Waals surface area contributed by atoms with Crippen molar-refractivity contribution in [2.75, 3.05) is 11.4 Å². The van der Waals surface area contributed by atoms with E-state index in [2.05, 4.69) is 53.4 Å². The summed E-state index contributed by atoms with van der Waals surface area (Å²) in [6.45, 7) is 4.07. The molecule has 3 aromatic rings. The van der Waals surface area contributed by atoms with E-state index in [4.69, 9.17) is 4.52 Å². The quantitative estimate of drug-likeness (QED) is 0.713. The van der Waals surface area contributed by atoms with E-state index < -0.39 is 0 Å². The van der Waals surface area contributed by atoms with Crippen LogP contribution >= 0.6 is 0 Å². The minimum absolute atomic E-state index is 0.563. The van der Waals surface area contributed by atoms with Crippen LogP contribution < -0.4 is 4.90 Å². The zero-order valence-corrected chi connectivity index (χ0v) is 12.6. The second-order valence-electron chi connectivity index (χ2n) is 5.88. The molecule has 3 nitrogen and oxygen atoms in total. The molecule has 22 heavy (non-hydrogen) atoms. The van der Waals surface area contributed by atoms with Crippen LogP contribution in [0.4, 0.5) is 5.69 Å². The lowest BCUT2D eigenvalue weighted by Crippen LogP contribution is -2.20. The number of aromatic nitrogens is 1. The van der Waals surface area contributed by atoms with Crippen molar-refractivity contribution in [3.8, 4) is 11.3 Å². The molecule has 110 valence electrons. The Hall–Kier alpha value is -2.55. The van der Waals surface area contributed by atoms with E-state index in [1.54, 1.807) is 0 Å². The molecule has 0 bridgehead atoms. The van der Waals surface area contributed by atoms with Gasteiger partial charge in [0.1, 0.15) is 5.69 Å². The first-order valence-corrected chi connectivity index (χ1v) is 7.66. The van der Waals surface area contributed by atoms with Gasteiger partial charge in [0.05, 0.1) is 6.54 Å². The predicted molar refractivity (Wildman–Crippen MR) is 87.8 cm³/mol. The third-order valence-corrected chi connectivity index (χ3v) is 4.28. The highest BCUT2D eigenvalue weighted by atomic mass is 16.5. The maximum absolute atomic E-state index is 5.54. The fraction of sp³-hybridized carbons (Fsp3) is 0.211. The lowest BCUT2D eigenvalue weighted by Gasteiger charge is -2.17. The fourth-order valence-corrected chi connectivity index (χ4v) is 3.19. The molecule has 1 aromatic heterocycles. The van der Waals surface area contributed by atoms with Gasteiger partial charge in [-0.05, 0) is 11.6 Å². The van der Waals surface area contributed by atoms with Crippen molar-refractivity contribution in [2.24, 2.45) is 0 Å². The molecule has 1 aliphatic rings. The van der Waals surface area contributed by atoms with Crippen LogP contribution in [0, 0.1) is 0 Å². The van der Waals surface area contributed by atoms with Gasteiger partial charge < -0.3 is 9.42 Å². The summed E-state index contributed by atoms with van der Waals surface area (Å²) in [6, 6.07) is 20.8. The average Bonchev–Trinajstić information content (AvgIpc) is 3.15. The van der Waals surface area contributed by atoms with Gasteiger partial charge >= 0.3 is 0 Å². The Kier molecular flexibility index (Phi) is 3.19. The predicted octanol–water partition coefficient (Wildman–Crippen LogP) is 4.47. The molecule has 0 radical (unpaired) electrons. The summed E-state index contributed by atoms with van der Waals surface area (Å²) < 4.78 is 5.54. The molecule has 0 aliphatic carbocycles. The Morgan fingerprint density at radius 2 is 1.86 bits per heavy atom. The molecule has 1 atom stereocenters. The number of nitrogens with zero attached hydrogens (tertiary/aromatic N) is 2. The molecular formula is C19H18N2O. The van der Waals surface area contributed by atoms with Crippen LogP contribution in [0.5, 0.6) is 0 Å². The third-order valence-electron chi connectivity index (χ3n) is 4.28. The zero-order chi connectivity index (χ0) is 14.9. The van der Waals surface area contributed by atoms with Gasteiger partial charge in [0, 0.05) is 29.8 Å². The van der Waals surface area contributed by atoms with Crippen LogP contribution in [-0.4, -0.2) is 11.7 Å².